The van der Waals surface area contributed by atoms with E-state index >= 15 is 0 Å². The first-order valence-corrected chi connectivity index (χ1v) is 11.2. The van der Waals surface area contributed by atoms with Crippen LogP contribution in [0.3, 0.4) is 0 Å². The highest BCUT2D eigenvalue weighted by Gasteiger charge is 2.39. The first-order valence-electron chi connectivity index (χ1n) is 10.4. The summed E-state index contributed by atoms with van der Waals surface area (Å²) in [6.07, 6.45) is 6.37. The molecule has 1 N–H and O–H groups in total. The third kappa shape index (κ3) is 4.73. The molecule has 2 aromatic carbocycles. The zero-order valence-corrected chi connectivity index (χ0v) is 17.3. The SMILES string of the molecule is O=C1C(NC2CCCCC2)=C(Sc2ccccc2)C(=O)N1CCc1ccccc1. The van der Waals surface area contributed by atoms with Gasteiger partial charge in [0.1, 0.15) is 10.6 Å². The van der Waals surface area contributed by atoms with Crippen molar-refractivity contribution in [3.63, 3.8) is 0 Å². The maximum atomic E-state index is 13.2. The number of rotatable bonds is 7. The number of hydrogen-bond donors (Lipinski definition) is 1. The van der Waals surface area contributed by atoms with Crippen LogP contribution >= 0.6 is 11.8 Å². The molecule has 29 heavy (non-hydrogen) atoms. The summed E-state index contributed by atoms with van der Waals surface area (Å²) in [5, 5.41) is 3.44. The Labute approximate surface area is 176 Å². The van der Waals surface area contributed by atoms with Gasteiger partial charge in [-0.15, -0.1) is 0 Å². The zero-order valence-electron chi connectivity index (χ0n) is 16.5. The minimum Gasteiger partial charge on any atom is -0.377 e. The normalized spacial score (nSPS) is 17.9. The van der Waals surface area contributed by atoms with Gasteiger partial charge in [-0.05, 0) is 37.0 Å². The molecule has 4 nitrogen and oxygen atoms in total. The highest BCUT2D eigenvalue weighted by atomic mass is 32.2. The number of nitrogens with zero attached hydrogens (tertiary/aromatic N) is 1. The van der Waals surface area contributed by atoms with Crippen LogP contribution in [0.4, 0.5) is 0 Å². The molecule has 2 aromatic rings. The lowest BCUT2D eigenvalue weighted by molar-refractivity contribution is -0.137. The van der Waals surface area contributed by atoms with E-state index in [1.807, 2.05) is 60.7 Å². The van der Waals surface area contributed by atoms with Gasteiger partial charge in [0.2, 0.25) is 0 Å². The van der Waals surface area contributed by atoms with Crippen molar-refractivity contribution in [2.45, 2.75) is 49.5 Å². The highest BCUT2D eigenvalue weighted by Crippen LogP contribution is 2.35. The van der Waals surface area contributed by atoms with Crippen molar-refractivity contribution < 1.29 is 9.59 Å². The van der Waals surface area contributed by atoms with E-state index in [-0.39, 0.29) is 17.9 Å². The molecule has 0 spiro atoms. The van der Waals surface area contributed by atoms with Gasteiger partial charge < -0.3 is 5.32 Å². The molecule has 1 heterocycles. The molecule has 0 atom stereocenters. The fourth-order valence-electron chi connectivity index (χ4n) is 3.92. The summed E-state index contributed by atoms with van der Waals surface area (Å²) < 4.78 is 0. The van der Waals surface area contributed by atoms with Crippen molar-refractivity contribution in [1.82, 2.24) is 10.2 Å². The molecule has 0 aromatic heterocycles. The number of thioether (sulfide) groups is 1. The first kappa shape index (κ1) is 19.8. The minimum absolute atomic E-state index is 0.182. The summed E-state index contributed by atoms with van der Waals surface area (Å²) in [6.45, 7) is 0.399. The number of amides is 2. The van der Waals surface area contributed by atoms with Gasteiger partial charge in [-0.1, -0.05) is 79.6 Å². The Morgan fingerprint density at radius 2 is 1.52 bits per heavy atom. The van der Waals surface area contributed by atoms with Crippen LogP contribution in [0.5, 0.6) is 0 Å². The van der Waals surface area contributed by atoms with Crippen molar-refractivity contribution in [3.8, 4) is 0 Å². The number of imide groups is 1. The molecule has 0 saturated heterocycles. The fraction of sp³-hybridized carbons (Fsp3) is 0.333. The van der Waals surface area contributed by atoms with Crippen molar-refractivity contribution in [2.75, 3.05) is 6.54 Å². The molecule has 1 fully saturated rings. The van der Waals surface area contributed by atoms with Gasteiger partial charge in [0.25, 0.3) is 11.8 Å². The van der Waals surface area contributed by atoms with Crippen molar-refractivity contribution in [1.29, 1.82) is 0 Å². The third-order valence-corrected chi connectivity index (χ3v) is 6.60. The fourth-order valence-corrected chi connectivity index (χ4v) is 4.90. The van der Waals surface area contributed by atoms with Gasteiger partial charge in [-0.25, -0.2) is 0 Å². The monoisotopic (exact) mass is 406 g/mol. The number of hydrogen-bond acceptors (Lipinski definition) is 4. The standard InChI is InChI=1S/C24H26N2O2S/c27-23-21(25-19-12-6-2-7-13-19)22(29-20-14-8-3-9-15-20)24(28)26(23)17-16-18-10-4-1-5-11-18/h1,3-5,8-11,14-15,19,25H,2,6-7,12-13,16-17H2. The average molecular weight is 407 g/mol. The number of nitrogens with one attached hydrogen (secondary N) is 1. The van der Waals surface area contributed by atoms with Crippen LogP contribution in [0.2, 0.25) is 0 Å². The minimum atomic E-state index is -0.185. The van der Waals surface area contributed by atoms with Crippen LogP contribution < -0.4 is 5.32 Å². The zero-order chi connectivity index (χ0) is 20.1. The van der Waals surface area contributed by atoms with E-state index in [4.69, 9.17) is 0 Å². The molecule has 4 rings (SSSR count). The lowest BCUT2D eigenvalue weighted by atomic mass is 9.95. The van der Waals surface area contributed by atoms with E-state index in [1.165, 1.54) is 35.9 Å². The Morgan fingerprint density at radius 1 is 0.862 bits per heavy atom. The van der Waals surface area contributed by atoms with Crippen LogP contribution in [0.15, 0.2) is 76.2 Å². The summed E-state index contributed by atoms with van der Waals surface area (Å²) in [7, 11) is 0. The molecule has 5 heteroatoms. The topological polar surface area (TPSA) is 49.4 Å². The number of carbonyl (C=O) groups is 2. The van der Waals surface area contributed by atoms with E-state index in [0.29, 0.717) is 23.6 Å². The highest BCUT2D eigenvalue weighted by molar-refractivity contribution is 8.04. The lowest BCUT2D eigenvalue weighted by Gasteiger charge is -2.24. The van der Waals surface area contributed by atoms with Crippen LogP contribution in [0, 0.1) is 0 Å². The first-order chi connectivity index (χ1) is 14.2. The second-order valence-electron chi connectivity index (χ2n) is 7.60. The molecule has 0 unspecified atom stereocenters. The summed E-state index contributed by atoms with van der Waals surface area (Å²) >= 11 is 1.39. The quantitative estimate of drug-likeness (QED) is 0.687. The largest absolute Gasteiger partial charge is 0.377 e. The smallest absolute Gasteiger partial charge is 0.278 e. The maximum Gasteiger partial charge on any atom is 0.278 e. The van der Waals surface area contributed by atoms with E-state index in [9.17, 15) is 9.59 Å². The van der Waals surface area contributed by atoms with E-state index < -0.39 is 0 Å². The maximum absolute atomic E-state index is 13.2. The second-order valence-corrected chi connectivity index (χ2v) is 8.68. The summed E-state index contributed by atoms with van der Waals surface area (Å²) in [4.78, 5) is 29.3. The number of benzene rings is 2. The van der Waals surface area contributed by atoms with Crippen molar-refractivity contribution in [3.05, 3.63) is 76.8 Å². The van der Waals surface area contributed by atoms with Gasteiger partial charge in [0, 0.05) is 17.5 Å². The lowest BCUT2D eigenvalue weighted by Crippen LogP contribution is -2.38. The Kier molecular flexibility index (Phi) is 6.35. The molecule has 1 aliphatic carbocycles. The molecule has 0 bridgehead atoms. The second kappa shape index (κ2) is 9.31. The summed E-state index contributed by atoms with van der Waals surface area (Å²) in [5.41, 5.74) is 1.61. The summed E-state index contributed by atoms with van der Waals surface area (Å²) in [5.74, 6) is -0.368. The molecular weight excluding hydrogens is 380 g/mol. The van der Waals surface area contributed by atoms with Crippen molar-refractivity contribution in [2.24, 2.45) is 0 Å². The average Bonchev–Trinajstić information content (AvgIpc) is 2.98. The van der Waals surface area contributed by atoms with Gasteiger partial charge in [-0.2, -0.15) is 0 Å². The third-order valence-electron chi connectivity index (χ3n) is 5.51. The van der Waals surface area contributed by atoms with Gasteiger partial charge in [0.15, 0.2) is 0 Å². The number of carbonyl (C=O) groups excluding carboxylic acids is 2. The molecule has 2 aliphatic rings. The molecular formula is C24H26N2O2S. The van der Waals surface area contributed by atoms with E-state index in [1.54, 1.807) is 0 Å². The predicted octanol–water partition coefficient (Wildman–Crippen LogP) is 4.52. The Hall–Kier alpha value is -2.53. The van der Waals surface area contributed by atoms with Crippen LogP contribution in [-0.4, -0.2) is 29.3 Å². The summed E-state index contributed by atoms with van der Waals surface area (Å²) in [6, 6.07) is 20.1. The van der Waals surface area contributed by atoms with Crippen LogP contribution in [0.1, 0.15) is 37.7 Å². The van der Waals surface area contributed by atoms with Gasteiger partial charge >= 0.3 is 0 Å². The predicted molar refractivity (Wildman–Crippen MR) is 116 cm³/mol. The Morgan fingerprint density at radius 3 is 2.21 bits per heavy atom. The van der Waals surface area contributed by atoms with Crippen LogP contribution in [-0.2, 0) is 16.0 Å². The molecule has 1 aliphatic heterocycles. The van der Waals surface area contributed by atoms with E-state index in [0.717, 1.165) is 23.3 Å². The molecule has 1 saturated carbocycles. The molecule has 150 valence electrons. The van der Waals surface area contributed by atoms with Gasteiger partial charge in [0.05, 0.1) is 0 Å². The molecule has 2 amide bonds. The van der Waals surface area contributed by atoms with Crippen molar-refractivity contribution >= 4 is 23.6 Å². The molecule has 0 radical (unpaired) electrons. The van der Waals surface area contributed by atoms with Gasteiger partial charge in [-0.3, -0.25) is 14.5 Å². The van der Waals surface area contributed by atoms with E-state index in [2.05, 4.69) is 5.32 Å². The Bertz CT molecular complexity index is 890. The Balaban J connectivity index is 1.54. The van der Waals surface area contributed by atoms with Crippen LogP contribution in [0.25, 0.3) is 0 Å².